The van der Waals surface area contributed by atoms with Crippen molar-refractivity contribution in [2.24, 2.45) is 5.10 Å². The molecule has 0 aliphatic heterocycles. The molecule has 190 valence electrons. The number of benzene rings is 3. The number of hydrogen-bond donors (Lipinski definition) is 1. The van der Waals surface area contributed by atoms with E-state index in [2.05, 4.69) is 26.5 Å². The van der Waals surface area contributed by atoms with Crippen LogP contribution >= 0.6 is 15.9 Å². The topological polar surface area (TPSA) is 97.3 Å². The van der Waals surface area contributed by atoms with E-state index in [4.69, 9.17) is 9.47 Å². The highest BCUT2D eigenvalue weighted by atomic mass is 79.9. The molecule has 0 spiro atoms. The van der Waals surface area contributed by atoms with Crippen LogP contribution in [0.5, 0.6) is 11.5 Å². The molecule has 0 aliphatic rings. The molecule has 8 nitrogen and oxygen atoms in total. The van der Waals surface area contributed by atoms with Crippen molar-refractivity contribution in [1.82, 2.24) is 5.43 Å². The SMILES string of the molecule is CCCOc1ccc(/C=N\NC(=O)CN(c2ccc(Br)cc2)S(=O)(=O)c2ccccc2)cc1OCC. The summed E-state index contributed by atoms with van der Waals surface area (Å²) in [5.74, 6) is 0.620. The summed E-state index contributed by atoms with van der Waals surface area (Å²) >= 11 is 3.35. The lowest BCUT2D eigenvalue weighted by Crippen LogP contribution is -2.39. The third kappa shape index (κ3) is 7.32. The molecule has 0 heterocycles. The van der Waals surface area contributed by atoms with Gasteiger partial charge in [0.05, 0.1) is 30.0 Å². The predicted molar refractivity (Wildman–Crippen MR) is 144 cm³/mol. The Labute approximate surface area is 220 Å². The Morgan fingerprint density at radius 1 is 1.00 bits per heavy atom. The first-order chi connectivity index (χ1) is 17.3. The van der Waals surface area contributed by atoms with Crippen LogP contribution in [-0.2, 0) is 14.8 Å². The minimum atomic E-state index is -3.99. The number of amides is 1. The van der Waals surface area contributed by atoms with E-state index in [1.54, 1.807) is 60.7 Å². The Morgan fingerprint density at radius 3 is 2.39 bits per heavy atom. The number of carbonyl (C=O) groups excluding carboxylic acids is 1. The van der Waals surface area contributed by atoms with Gasteiger partial charge in [0.15, 0.2) is 11.5 Å². The van der Waals surface area contributed by atoms with E-state index < -0.39 is 22.5 Å². The number of halogens is 1. The Kier molecular flexibility index (Phi) is 9.89. The highest BCUT2D eigenvalue weighted by molar-refractivity contribution is 9.10. The second kappa shape index (κ2) is 13.1. The van der Waals surface area contributed by atoms with Crippen molar-refractivity contribution < 1.29 is 22.7 Å². The first-order valence-electron chi connectivity index (χ1n) is 11.4. The number of nitrogens with one attached hydrogen (secondary N) is 1. The molecule has 0 aliphatic carbocycles. The number of nitrogens with zero attached hydrogens (tertiary/aromatic N) is 2. The highest BCUT2D eigenvalue weighted by Gasteiger charge is 2.27. The lowest BCUT2D eigenvalue weighted by molar-refractivity contribution is -0.119. The third-order valence-electron chi connectivity index (χ3n) is 4.87. The van der Waals surface area contributed by atoms with Gasteiger partial charge < -0.3 is 9.47 Å². The summed E-state index contributed by atoms with van der Waals surface area (Å²) in [5.41, 5.74) is 3.45. The summed E-state index contributed by atoms with van der Waals surface area (Å²) in [5, 5.41) is 4.00. The molecule has 0 radical (unpaired) electrons. The van der Waals surface area contributed by atoms with Gasteiger partial charge in [-0.3, -0.25) is 9.10 Å². The van der Waals surface area contributed by atoms with Gasteiger partial charge in [0.2, 0.25) is 0 Å². The molecule has 0 bridgehead atoms. The number of ether oxygens (including phenoxy) is 2. The average Bonchev–Trinajstić information content (AvgIpc) is 2.88. The van der Waals surface area contributed by atoms with Gasteiger partial charge in [0.25, 0.3) is 15.9 Å². The standard InChI is InChI=1S/C26H28BrN3O5S/c1-3-16-35-24-15-10-20(17-25(24)34-4-2)18-28-29-26(31)19-30(22-13-11-21(27)12-14-22)36(32,33)23-8-6-5-7-9-23/h5-15,17-18H,3-4,16,19H2,1-2H3,(H,29,31)/b28-18-. The zero-order chi connectivity index (χ0) is 26.0. The molecule has 0 saturated heterocycles. The average molecular weight is 574 g/mol. The summed E-state index contributed by atoms with van der Waals surface area (Å²) in [6, 6.07) is 20.0. The number of hydrazone groups is 1. The lowest BCUT2D eigenvalue weighted by atomic mass is 10.2. The van der Waals surface area contributed by atoms with Crippen LogP contribution in [0.2, 0.25) is 0 Å². The first-order valence-corrected chi connectivity index (χ1v) is 13.6. The summed E-state index contributed by atoms with van der Waals surface area (Å²) in [4.78, 5) is 12.8. The summed E-state index contributed by atoms with van der Waals surface area (Å²) in [6.45, 7) is 4.49. The minimum Gasteiger partial charge on any atom is -0.490 e. The number of rotatable bonds is 12. The molecule has 36 heavy (non-hydrogen) atoms. The van der Waals surface area contributed by atoms with Crippen molar-refractivity contribution in [1.29, 1.82) is 0 Å². The zero-order valence-corrected chi connectivity index (χ0v) is 22.5. The van der Waals surface area contributed by atoms with E-state index in [1.165, 1.54) is 18.3 Å². The van der Waals surface area contributed by atoms with Gasteiger partial charge in [-0.1, -0.05) is 41.1 Å². The van der Waals surface area contributed by atoms with Crippen molar-refractivity contribution in [2.75, 3.05) is 24.1 Å². The summed E-state index contributed by atoms with van der Waals surface area (Å²) < 4.78 is 39.8. The van der Waals surface area contributed by atoms with Gasteiger partial charge in [0.1, 0.15) is 6.54 Å². The van der Waals surface area contributed by atoms with Gasteiger partial charge in [-0.15, -0.1) is 0 Å². The molecule has 3 rings (SSSR count). The molecule has 1 amide bonds. The largest absolute Gasteiger partial charge is 0.490 e. The number of anilines is 1. The van der Waals surface area contributed by atoms with Crippen LogP contribution in [-0.4, -0.2) is 40.3 Å². The fourth-order valence-electron chi connectivity index (χ4n) is 3.19. The van der Waals surface area contributed by atoms with Crippen LogP contribution in [0.3, 0.4) is 0 Å². The molecule has 0 atom stereocenters. The summed E-state index contributed by atoms with van der Waals surface area (Å²) in [6.07, 6.45) is 2.33. The van der Waals surface area contributed by atoms with Crippen LogP contribution in [0, 0.1) is 0 Å². The fraction of sp³-hybridized carbons (Fsp3) is 0.231. The van der Waals surface area contributed by atoms with E-state index >= 15 is 0 Å². The molecule has 1 N–H and O–H groups in total. The van der Waals surface area contributed by atoms with Crippen LogP contribution in [0.15, 0.2) is 87.3 Å². The van der Waals surface area contributed by atoms with Crippen molar-refractivity contribution in [2.45, 2.75) is 25.2 Å². The van der Waals surface area contributed by atoms with Crippen LogP contribution < -0.4 is 19.2 Å². The first kappa shape index (κ1) is 27.2. The third-order valence-corrected chi connectivity index (χ3v) is 7.18. The van der Waals surface area contributed by atoms with Crippen LogP contribution in [0.1, 0.15) is 25.8 Å². The van der Waals surface area contributed by atoms with E-state index in [0.29, 0.717) is 36.0 Å². The Hall–Kier alpha value is -3.37. The molecule has 3 aromatic rings. The van der Waals surface area contributed by atoms with Crippen LogP contribution in [0.4, 0.5) is 5.69 Å². The fourth-order valence-corrected chi connectivity index (χ4v) is 4.90. The molecular formula is C26H28BrN3O5S. The zero-order valence-electron chi connectivity index (χ0n) is 20.1. The molecule has 0 saturated carbocycles. The number of hydrogen-bond acceptors (Lipinski definition) is 6. The van der Waals surface area contributed by atoms with Gasteiger partial charge in [-0.25, -0.2) is 13.8 Å². The number of sulfonamides is 1. The minimum absolute atomic E-state index is 0.0815. The van der Waals surface area contributed by atoms with Gasteiger partial charge in [-0.05, 0) is 73.5 Å². The molecular weight excluding hydrogens is 546 g/mol. The maximum Gasteiger partial charge on any atom is 0.264 e. The van der Waals surface area contributed by atoms with Gasteiger partial charge >= 0.3 is 0 Å². The molecule has 0 unspecified atom stereocenters. The quantitative estimate of drug-likeness (QED) is 0.243. The van der Waals surface area contributed by atoms with Crippen molar-refractivity contribution >= 4 is 43.8 Å². The van der Waals surface area contributed by atoms with Crippen LogP contribution in [0.25, 0.3) is 0 Å². The molecule has 3 aromatic carbocycles. The van der Waals surface area contributed by atoms with E-state index in [1.807, 2.05) is 13.8 Å². The van der Waals surface area contributed by atoms with E-state index in [0.717, 1.165) is 15.2 Å². The van der Waals surface area contributed by atoms with Gasteiger partial charge in [-0.2, -0.15) is 5.10 Å². The van der Waals surface area contributed by atoms with Gasteiger partial charge in [0, 0.05) is 4.47 Å². The van der Waals surface area contributed by atoms with Crippen molar-refractivity contribution in [3.05, 3.63) is 82.8 Å². The molecule has 0 aromatic heterocycles. The molecule has 0 fully saturated rings. The van der Waals surface area contributed by atoms with E-state index in [-0.39, 0.29) is 4.90 Å². The maximum atomic E-state index is 13.3. The summed E-state index contributed by atoms with van der Waals surface area (Å²) in [7, 11) is -3.99. The maximum absolute atomic E-state index is 13.3. The monoisotopic (exact) mass is 573 g/mol. The number of carbonyl (C=O) groups is 1. The van der Waals surface area contributed by atoms with E-state index in [9.17, 15) is 13.2 Å². The Bertz CT molecular complexity index is 1280. The molecule has 10 heteroatoms. The Balaban J connectivity index is 1.76. The van der Waals surface area contributed by atoms with Crippen molar-refractivity contribution in [3.63, 3.8) is 0 Å². The second-order valence-corrected chi connectivity index (χ2v) is 10.4. The Morgan fingerprint density at radius 2 is 1.72 bits per heavy atom. The van der Waals surface area contributed by atoms with Crippen molar-refractivity contribution in [3.8, 4) is 11.5 Å². The second-order valence-electron chi connectivity index (χ2n) is 7.58. The normalized spacial score (nSPS) is 11.3. The lowest BCUT2D eigenvalue weighted by Gasteiger charge is -2.23. The highest BCUT2D eigenvalue weighted by Crippen LogP contribution is 2.28. The smallest absolute Gasteiger partial charge is 0.264 e. The predicted octanol–water partition coefficient (Wildman–Crippen LogP) is 4.98.